The minimum absolute atomic E-state index is 0.258. The van der Waals surface area contributed by atoms with Crippen molar-refractivity contribution in [1.29, 1.82) is 0 Å². The van der Waals surface area contributed by atoms with E-state index in [0.29, 0.717) is 12.8 Å². The fraction of sp³-hybridized carbons (Fsp3) is 0.820. The lowest BCUT2D eigenvalue weighted by Gasteiger charge is -2.41. The molecule has 0 spiro atoms. The van der Waals surface area contributed by atoms with E-state index in [1.54, 1.807) is 6.08 Å². The fourth-order valence-corrected chi connectivity index (χ4v) is 8.74. The van der Waals surface area contributed by atoms with Gasteiger partial charge in [0.15, 0.2) is 0 Å². The summed E-state index contributed by atoms with van der Waals surface area (Å²) < 4.78 is 22.9. The number of hydrogen-bond acceptors (Lipinski definition) is 11. The van der Waals surface area contributed by atoms with Crippen LogP contribution in [0.1, 0.15) is 200 Å². The van der Waals surface area contributed by atoms with Gasteiger partial charge in [0.1, 0.15) is 36.6 Å². The zero-order valence-corrected chi connectivity index (χ0v) is 40.6. The molecule has 0 bridgehead atoms. The average molecular weight is 930 g/mol. The molecule has 8 atom stereocenters. The van der Waals surface area contributed by atoms with Crippen LogP contribution in [0.15, 0.2) is 48.6 Å². The number of rotatable bonds is 41. The average Bonchev–Trinajstić information content (AvgIpc) is 3.27. The molecule has 1 aliphatic carbocycles. The van der Waals surface area contributed by atoms with Gasteiger partial charge in [-0.05, 0) is 57.8 Å². The second-order valence-electron chi connectivity index (χ2n) is 17.9. The maximum absolute atomic E-state index is 13.0. The highest BCUT2D eigenvalue weighted by Crippen LogP contribution is 2.47. The van der Waals surface area contributed by atoms with Crippen molar-refractivity contribution in [3.8, 4) is 0 Å². The number of nitrogens with one attached hydrogen (secondary N) is 1. The molecule has 0 saturated heterocycles. The van der Waals surface area contributed by atoms with Crippen molar-refractivity contribution in [3.63, 3.8) is 0 Å². The van der Waals surface area contributed by atoms with Gasteiger partial charge < -0.3 is 46.0 Å². The lowest BCUT2D eigenvalue weighted by atomic mass is 9.85. The number of hydrogen-bond donors (Lipinski definition) is 9. The third-order valence-corrected chi connectivity index (χ3v) is 12.9. The normalized spacial score (nSPS) is 23.1. The molecular formula is C50H92NO12P. The number of carbonyl (C=O) groups is 1. The van der Waals surface area contributed by atoms with E-state index in [-0.39, 0.29) is 6.42 Å². The third kappa shape index (κ3) is 30.5. The van der Waals surface area contributed by atoms with Crippen LogP contribution in [0.3, 0.4) is 0 Å². The summed E-state index contributed by atoms with van der Waals surface area (Å²) in [4.78, 5) is 23.5. The second-order valence-corrected chi connectivity index (χ2v) is 19.3. The number of aliphatic hydroxyl groups excluding tert-OH is 7. The van der Waals surface area contributed by atoms with Crippen LogP contribution in [-0.4, -0.2) is 108 Å². The fourth-order valence-electron chi connectivity index (χ4n) is 7.78. The standard InChI is InChI=1S/C50H92NO12P/c1-3-5-7-9-11-13-15-17-19-21-23-25-27-29-31-33-35-37-41(52)39-44(54)51-42(40-62-64(60,61)63-50-48(58)46(56)45(55)47(57)49(50)59)43(53)38-36-34-32-30-28-26-24-22-20-18-16-14-12-10-8-6-4-2/h11,13,15,17,28,30,36,38,41-43,45-50,52-53,55-59H,3-10,12,14,16,18-27,29,31-35,37,39-40H2,1-2H3,(H,51,54)(H,60,61)/b13-11-,17-15-,30-28+,38-36+. The van der Waals surface area contributed by atoms with E-state index in [1.807, 2.05) is 0 Å². The van der Waals surface area contributed by atoms with Gasteiger partial charge in [0.2, 0.25) is 5.91 Å². The van der Waals surface area contributed by atoms with Gasteiger partial charge in [-0.2, -0.15) is 0 Å². The summed E-state index contributed by atoms with van der Waals surface area (Å²) in [6.45, 7) is 3.71. The summed E-state index contributed by atoms with van der Waals surface area (Å²) >= 11 is 0. The number of carbonyl (C=O) groups excluding carboxylic acids is 1. The predicted molar refractivity (Wildman–Crippen MR) is 256 cm³/mol. The molecule has 1 fully saturated rings. The van der Waals surface area contributed by atoms with Crippen molar-refractivity contribution >= 4 is 13.7 Å². The molecule has 64 heavy (non-hydrogen) atoms. The maximum atomic E-state index is 13.0. The van der Waals surface area contributed by atoms with E-state index in [1.165, 1.54) is 115 Å². The molecule has 13 nitrogen and oxygen atoms in total. The van der Waals surface area contributed by atoms with Crippen molar-refractivity contribution in [2.45, 2.75) is 255 Å². The monoisotopic (exact) mass is 930 g/mol. The first-order valence-electron chi connectivity index (χ1n) is 25.2. The summed E-state index contributed by atoms with van der Waals surface area (Å²) in [5.74, 6) is -0.608. The Morgan fingerprint density at radius 2 is 0.969 bits per heavy atom. The van der Waals surface area contributed by atoms with E-state index in [2.05, 4.69) is 55.6 Å². The highest BCUT2D eigenvalue weighted by Gasteiger charge is 2.51. The van der Waals surface area contributed by atoms with Crippen LogP contribution in [0.5, 0.6) is 0 Å². The van der Waals surface area contributed by atoms with Gasteiger partial charge in [-0.1, -0.05) is 184 Å². The first kappa shape index (κ1) is 60.3. The molecular weight excluding hydrogens is 838 g/mol. The molecule has 0 aliphatic heterocycles. The number of phosphoric ester groups is 1. The van der Waals surface area contributed by atoms with E-state index >= 15 is 0 Å². The quantitative estimate of drug-likeness (QED) is 0.0121. The van der Waals surface area contributed by atoms with Crippen LogP contribution in [-0.2, 0) is 18.4 Å². The highest BCUT2D eigenvalue weighted by molar-refractivity contribution is 7.47. The Balaban J connectivity index is 2.54. The lowest BCUT2D eigenvalue weighted by Crippen LogP contribution is -2.64. The number of phosphoric acid groups is 1. The molecule has 374 valence electrons. The van der Waals surface area contributed by atoms with E-state index in [0.717, 1.165) is 57.8 Å². The molecule has 1 saturated carbocycles. The lowest BCUT2D eigenvalue weighted by molar-refractivity contribution is -0.220. The van der Waals surface area contributed by atoms with Gasteiger partial charge in [-0.15, -0.1) is 0 Å². The largest absolute Gasteiger partial charge is 0.472 e. The summed E-state index contributed by atoms with van der Waals surface area (Å²) in [7, 11) is -5.15. The van der Waals surface area contributed by atoms with E-state index in [4.69, 9.17) is 9.05 Å². The Morgan fingerprint density at radius 3 is 1.50 bits per heavy atom. The molecule has 0 aromatic carbocycles. The Hall–Kier alpha value is -1.74. The molecule has 14 heteroatoms. The smallest absolute Gasteiger partial charge is 0.393 e. The Morgan fingerprint density at radius 1 is 0.562 bits per heavy atom. The molecule has 1 rings (SSSR count). The molecule has 8 unspecified atom stereocenters. The second kappa shape index (κ2) is 39.3. The molecule has 0 radical (unpaired) electrons. The first-order chi connectivity index (χ1) is 30.8. The minimum atomic E-state index is -5.15. The SMILES string of the molecule is CCCCC/C=C\C=C/CCCCCCCCCCC(O)CC(=O)NC(COP(=O)(O)OC1C(O)C(O)C(O)C(O)C1O)C(O)/C=C/CC/C=C/CCCCCCCCCCCCC. The molecule has 1 aliphatic rings. The zero-order valence-electron chi connectivity index (χ0n) is 39.7. The van der Waals surface area contributed by atoms with Crippen LogP contribution >= 0.6 is 7.82 Å². The van der Waals surface area contributed by atoms with E-state index in [9.17, 15) is 50.0 Å². The number of unbranched alkanes of at least 4 members (excludes halogenated alkanes) is 23. The number of allylic oxidation sites excluding steroid dienone is 7. The van der Waals surface area contributed by atoms with E-state index < -0.39 is 75.2 Å². The van der Waals surface area contributed by atoms with Crippen LogP contribution in [0.2, 0.25) is 0 Å². The summed E-state index contributed by atoms with van der Waals surface area (Å²) in [6, 6.07) is -1.26. The summed E-state index contributed by atoms with van der Waals surface area (Å²) in [6.07, 6.45) is 33.3. The van der Waals surface area contributed by atoms with Crippen molar-refractivity contribution in [2.24, 2.45) is 0 Å². The summed E-state index contributed by atoms with van der Waals surface area (Å²) in [5.41, 5.74) is 0. The van der Waals surface area contributed by atoms with Crippen LogP contribution < -0.4 is 5.32 Å². The van der Waals surface area contributed by atoms with Crippen LogP contribution in [0, 0.1) is 0 Å². The maximum Gasteiger partial charge on any atom is 0.472 e. The van der Waals surface area contributed by atoms with Gasteiger partial charge in [0.25, 0.3) is 0 Å². The minimum Gasteiger partial charge on any atom is -0.393 e. The molecule has 0 heterocycles. The van der Waals surface area contributed by atoms with Gasteiger partial charge in [-0.25, -0.2) is 4.57 Å². The molecule has 0 aromatic rings. The highest BCUT2D eigenvalue weighted by atomic mass is 31.2. The van der Waals surface area contributed by atoms with Crippen LogP contribution in [0.25, 0.3) is 0 Å². The van der Waals surface area contributed by atoms with Crippen molar-refractivity contribution < 1.29 is 59.0 Å². The third-order valence-electron chi connectivity index (χ3n) is 11.9. The predicted octanol–water partition coefficient (Wildman–Crippen LogP) is 9.09. The Labute approximate surface area is 387 Å². The van der Waals surface area contributed by atoms with Gasteiger partial charge >= 0.3 is 7.82 Å². The Bertz CT molecular complexity index is 1280. The number of amides is 1. The van der Waals surface area contributed by atoms with Crippen molar-refractivity contribution in [1.82, 2.24) is 5.32 Å². The first-order valence-corrected chi connectivity index (χ1v) is 26.7. The summed E-state index contributed by atoms with van der Waals surface area (Å²) in [5, 5.41) is 74.6. The van der Waals surface area contributed by atoms with Crippen molar-refractivity contribution in [3.05, 3.63) is 48.6 Å². The van der Waals surface area contributed by atoms with Crippen molar-refractivity contribution in [2.75, 3.05) is 6.61 Å². The van der Waals surface area contributed by atoms with Gasteiger partial charge in [0, 0.05) is 0 Å². The molecule has 9 N–H and O–H groups in total. The van der Waals surface area contributed by atoms with Gasteiger partial charge in [0.05, 0.1) is 31.3 Å². The topological polar surface area (TPSA) is 226 Å². The zero-order chi connectivity index (χ0) is 47.3. The number of aliphatic hydroxyl groups is 7. The molecule has 0 aromatic heterocycles. The Kier molecular flexibility index (Phi) is 37.0. The molecule has 1 amide bonds. The van der Waals surface area contributed by atoms with Gasteiger partial charge in [-0.3, -0.25) is 13.8 Å². The van der Waals surface area contributed by atoms with Crippen LogP contribution in [0.4, 0.5) is 0 Å².